The van der Waals surface area contributed by atoms with E-state index in [1.54, 1.807) is 17.4 Å². The Labute approximate surface area is 188 Å². The third-order valence-corrected chi connectivity index (χ3v) is 6.21. The van der Waals surface area contributed by atoms with Gasteiger partial charge in [-0.05, 0) is 59.4 Å². The first-order valence-electron chi connectivity index (χ1n) is 9.73. The molecule has 31 heavy (non-hydrogen) atoms. The lowest BCUT2D eigenvalue weighted by Crippen LogP contribution is -2.34. The van der Waals surface area contributed by atoms with Crippen LogP contribution in [-0.2, 0) is 0 Å². The summed E-state index contributed by atoms with van der Waals surface area (Å²) in [5, 5.41) is 9.17. The number of thiazole rings is 1. The number of carbonyl (C=O) groups is 1. The van der Waals surface area contributed by atoms with E-state index in [0.29, 0.717) is 5.56 Å². The Hall–Kier alpha value is -3.61. The maximum Gasteiger partial charge on any atom is 0.257 e. The number of thiocarbonyl (C=S) groups is 1. The van der Waals surface area contributed by atoms with Gasteiger partial charge in [0.25, 0.3) is 5.91 Å². The van der Waals surface area contributed by atoms with Crippen molar-refractivity contribution in [3.05, 3.63) is 96.6 Å². The summed E-state index contributed by atoms with van der Waals surface area (Å²) in [7, 11) is 0. The van der Waals surface area contributed by atoms with Crippen LogP contribution in [0.2, 0.25) is 0 Å². The number of hydrogen-bond donors (Lipinski definition) is 2. The van der Waals surface area contributed by atoms with Crippen molar-refractivity contribution in [3.8, 4) is 10.6 Å². The molecular weight excluding hydrogens is 422 g/mol. The average Bonchev–Trinajstić information content (AvgIpc) is 3.23. The molecule has 1 aromatic heterocycles. The summed E-state index contributed by atoms with van der Waals surface area (Å²) in [4.78, 5) is 17.4. The maximum atomic E-state index is 12.7. The molecule has 0 fully saturated rings. The smallest absolute Gasteiger partial charge is 0.257 e. The van der Waals surface area contributed by atoms with Crippen molar-refractivity contribution in [2.45, 2.75) is 0 Å². The van der Waals surface area contributed by atoms with Crippen LogP contribution < -0.4 is 10.6 Å². The average molecular weight is 440 g/mol. The van der Waals surface area contributed by atoms with Gasteiger partial charge in [0.2, 0.25) is 0 Å². The van der Waals surface area contributed by atoms with Crippen LogP contribution in [0.15, 0.2) is 91.0 Å². The highest BCUT2D eigenvalue weighted by atomic mass is 32.1. The number of benzene rings is 4. The SMILES string of the molecule is O=C(NC(=S)Nc1ccccc1-c1nc2ccccc2s1)c1ccc2ccccc2c1. The van der Waals surface area contributed by atoms with Gasteiger partial charge in [-0.1, -0.05) is 54.6 Å². The number of rotatable bonds is 3. The fourth-order valence-electron chi connectivity index (χ4n) is 3.43. The number of anilines is 1. The van der Waals surface area contributed by atoms with Crippen molar-refractivity contribution >= 4 is 61.3 Å². The highest BCUT2D eigenvalue weighted by molar-refractivity contribution is 7.80. The van der Waals surface area contributed by atoms with E-state index in [1.165, 1.54) is 0 Å². The van der Waals surface area contributed by atoms with Gasteiger partial charge in [0.1, 0.15) is 5.01 Å². The summed E-state index contributed by atoms with van der Waals surface area (Å²) >= 11 is 7.04. The summed E-state index contributed by atoms with van der Waals surface area (Å²) < 4.78 is 1.12. The normalized spacial score (nSPS) is 10.8. The number of aromatic nitrogens is 1. The number of carbonyl (C=O) groups excluding carboxylic acids is 1. The standard InChI is InChI=1S/C25H17N3OS2/c29-23(18-14-13-16-7-1-2-8-17(16)15-18)28-25(30)27-20-10-4-3-9-19(20)24-26-21-11-5-6-12-22(21)31-24/h1-15H,(H2,27,28,29,30). The molecule has 0 aliphatic heterocycles. The fourth-order valence-corrected chi connectivity index (χ4v) is 4.63. The predicted molar refractivity (Wildman–Crippen MR) is 133 cm³/mol. The Bertz CT molecular complexity index is 1410. The van der Waals surface area contributed by atoms with Crippen molar-refractivity contribution in [1.82, 2.24) is 10.3 Å². The van der Waals surface area contributed by atoms with Gasteiger partial charge in [0.05, 0.1) is 15.9 Å². The summed E-state index contributed by atoms with van der Waals surface area (Å²) in [6, 6.07) is 29.4. The van der Waals surface area contributed by atoms with Crippen LogP contribution in [0.1, 0.15) is 10.4 Å². The van der Waals surface area contributed by atoms with Gasteiger partial charge in [0, 0.05) is 11.1 Å². The van der Waals surface area contributed by atoms with Crippen LogP contribution in [0, 0.1) is 0 Å². The van der Waals surface area contributed by atoms with Crippen LogP contribution in [0.3, 0.4) is 0 Å². The molecule has 0 unspecified atom stereocenters. The molecule has 0 atom stereocenters. The third-order valence-electron chi connectivity index (χ3n) is 4.94. The molecule has 0 saturated heterocycles. The number of nitrogens with zero attached hydrogens (tertiary/aromatic N) is 1. The first kappa shape index (κ1) is 19.4. The van der Waals surface area contributed by atoms with E-state index in [4.69, 9.17) is 17.2 Å². The number of para-hydroxylation sites is 2. The van der Waals surface area contributed by atoms with E-state index in [1.807, 2.05) is 78.9 Å². The van der Waals surface area contributed by atoms with Gasteiger partial charge >= 0.3 is 0 Å². The Kier molecular flexibility index (Phi) is 5.16. The van der Waals surface area contributed by atoms with Crippen LogP contribution in [0.4, 0.5) is 5.69 Å². The van der Waals surface area contributed by atoms with Gasteiger partial charge in [-0.3, -0.25) is 10.1 Å². The molecule has 1 heterocycles. The summed E-state index contributed by atoms with van der Waals surface area (Å²) in [5.74, 6) is -0.249. The fraction of sp³-hybridized carbons (Fsp3) is 0. The third kappa shape index (κ3) is 4.03. The van der Waals surface area contributed by atoms with Crippen molar-refractivity contribution in [2.75, 3.05) is 5.32 Å². The van der Waals surface area contributed by atoms with E-state index in [9.17, 15) is 4.79 Å². The Morgan fingerprint density at radius 2 is 1.58 bits per heavy atom. The molecule has 4 nitrogen and oxygen atoms in total. The molecule has 0 aliphatic rings. The zero-order chi connectivity index (χ0) is 21.2. The summed E-state index contributed by atoms with van der Waals surface area (Å²) in [5.41, 5.74) is 3.25. The van der Waals surface area contributed by atoms with Gasteiger partial charge in [-0.2, -0.15) is 0 Å². The monoisotopic (exact) mass is 439 g/mol. The number of nitrogens with one attached hydrogen (secondary N) is 2. The van der Waals surface area contributed by atoms with Gasteiger partial charge in [0.15, 0.2) is 5.11 Å². The van der Waals surface area contributed by atoms with Crippen LogP contribution in [-0.4, -0.2) is 16.0 Å². The lowest BCUT2D eigenvalue weighted by Gasteiger charge is -2.12. The van der Waals surface area contributed by atoms with E-state index in [2.05, 4.69) is 16.7 Å². The topological polar surface area (TPSA) is 54.0 Å². The van der Waals surface area contributed by atoms with Crippen molar-refractivity contribution in [2.24, 2.45) is 0 Å². The highest BCUT2D eigenvalue weighted by Gasteiger charge is 2.13. The van der Waals surface area contributed by atoms with Gasteiger partial charge in [-0.25, -0.2) is 4.98 Å². The zero-order valence-electron chi connectivity index (χ0n) is 16.3. The van der Waals surface area contributed by atoms with Crippen LogP contribution in [0.5, 0.6) is 0 Å². The quantitative estimate of drug-likeness (QED) is 0.327. The number of amides is 1. The lowest BCUT2D eigenvalue weighted by molar-refractivity contribution is 0.0978. The number of hydrogen-bond acceptors (Lipinski definition) is 4. The molecular formula is C25H17N3OS2. The Balaban J connectivity index is 1.36. The number of fused-ring (bicyclic) bond motifs is 2. The summed E-state index contributed by atoms with van der Waals surface area (Å²) in [6.07, 6.45) is 0. The van der Waals surface area contributed by atoms with Gasteiger partial charge < -0.3 is 5.32 Å². The first-order chi connectivity index (χ1) is 15.2. The zero-order valence-corrected chi connectivity index (χ0v) is 18.0. The van der Waals surface area contributed by atoms with Crippen LogP contribution in [0.25, 0.3) is 31.6 Å². The molecule has 4 aromatic carbocycles. The molecule has 6 heteroatoms. The van der Waals surface area contributed by atoms with Crippen molar-refractivity contribution < 1.29 is 4.79 Å². The molecule has 150 valence electrons. The Morgan fingerprint density at radius 1 is 0.839 bits per heavy atom. The molecule has 0 radical (unpaired) electrons. The molecule has 0 bridgehead atoms. The van der Waals surface area contributed by atoms with Gasteiger partial charge in [-0.15, -0.1) is 11.3 Å². The minimum absolute atomic E-state index is 0.242. The predicted octanol–water partition coefficient (Wildman–Crippen LogP) is 6.24. The molecule has 0 spiro atoms. The van der Waals surface area contributed by atoms with E-state index in [0.717, 1.165) is 37.2 Å². The maximum absolute atomic E-state index is 12.7. The van der Waals surface area contributed by atoms with E-state index in [-0.39, 0.29) is 11.0 Å². The minimum atomic E-state index is -0.249. The molecule has 2 N–H and O–H groups in total. The van der Waals surface area contributed by atoms with Crippen LogP contribution >= 0.6 is 23.6 Å². The molecule has 0 aliphatic carbocycles. The van der Waals surface area contributed by atoms with E-state index < -0.39 is 0 Å². The Morgan fingerprint density at radius 3 is 2.45 bits per heavy atom. The van der Waals surface area contributed by atoms with Crippen molar-refractivity contribution in [1.29, 1.82) is 0 Å². The second kappa shape index (κ2) is 8.26. The largest absolute Gasteiger partial charge is 0.332 e. The molecule has 5 rings (SSSR count). The molecule has 1 amide bonds. The molecule has 5 aromatic rings. The lowest BCUT2D eigenvalue weighted by atomic mass is 10.1. The summed E-state index contributed by atoms with van der Waals surface area (Å²) in [6.45, 7) is 0. The second-order valence-corrected chi connectivity index (χ2v) is 8.44. The molecule has 0 saturated carbocycles. The van der Waals surface area contributed by atoms with E-state index >= 15 is 0 Å². The second-order valence-electron chi connectivity index (χ2n) is 7.00. The van der Waals surface area contributed by atoms with Crippen molar-refractivity contribution in [3.63, 3.8) is 0 Å². The highest BCUT2D eigenvalue weighted by Crippen LogP contribution is 2.34. The first-order valence-corrected chi connectivity index (χ1v) is 11.0. The minimum Gasteiger partial charge on any atom is -0.332 e.